The minimum Gasteiger partial charge on any atom is -0.364 e. The fourth-order valence-corrected chi connectivity index (χ4v) is 3.26. The lowest BCUT2D eigenvalue weighted by Gasteiger charge is -2.25. The van der Waals surface area contributed by atoms with Gasteiger partial charge in [-0.1, -0.05) is 48.5 Å². The first kappa shape index (κ1) is 19.1. The van der Waals surface area contributed by atoms with E-state index in [4.69, 9.17) is 0 Å². The van der Waals surface area contributed by atoms with Crippen LogP contribution >= 0.6 is 0 Å². The summed E-state index contributed by atoms with van der Waals surface area (Å²) < 4.78 is 64.7. The largest absolute Gasteiger partial charge is 0.518 e. The molecule has 0 amide bonds. The number of benzene rings is 2. The molecule has 1 aliphatic heterocycles. The first-order chi connectivity index (χ1) is 12.6. The normalized spacial score (nSPS) is 19.4. The monoisotopic (exact) mass is 395 g/mol. The standard InChI is InChI=1S/C18H16F3N3O2S/c1-12-17(23-27(25,26)18(19,20)21)22-16(13-8-4-3-5-9-13)14-10-6-7-11-15(14)24(12)2/h3-12H,1-2H3/b23-17-. The molecule has 0 fully saturated rings. The summed E-state index contributed by atoms with van der Waals surface area (Å²) in [5.41, 5.74) is -3.10. The number of rotatable bonds is 2. The summed E-state index contributed by atoms with van der Waals surface area (Å²) in [6.07, 6.45) is 0. The minimum absolute atomic E-state index is 0.360. The van der Waals surface area contributed by atoms with Gasteiger partial charge in [0.25, 0.3) is 0 Å². The van der Waals surface area contributed by atoms with Gasteiger partial charge in [-0.15, -0.1) is 4.40 Å². The maximum atomic E-state index is 12.8. The molecule has 0 spiro atoms. The molecule has 0 saturated carbocycles. The van der Waals surface area contributed by atoms with E-state index in [2.05, 4.69) is 9.39 Å². The lowest BCUT2D eigenvalue weighted by atomic mass is 10.0. The van der Waals surface area contributed by atoms with Crippen molar-refractivity contribution in [2.45, 2.75) is 18.5 Å². The number of halogens is 3. The molecule has 0 N–H and O–H groups in total. The number of alkyl halides is 3. The molecule has 2 aromatic carbocycles. The van der Waals surface area contributed by atoms with Crippen molar-refractivity contribution in [1.82, 2.24) is 0 Å². The lowest BCUT2D eigenvalue weighted by molar-refractivity contribution is -0.0435. The molecule has 0 saturated heterocycles. The Morgan fingerprint density at radius 1 is 1.04 bits per heavy atom. The van der Waals surface area contributed by atoms with Gasteiger partial charge in [0.05, 0.1) is 11.8 Å². The van der Waals surface area contributed by atoms with Crippen LogP contribution in [-0.2, 0) is 10.0 Å². The van der Waals surface area contributed by atoms with Crippen LogP contribution in [0.15, 0.2) is 64.0 Å². The molecular formula is C18H16F3N3O2S. The van der Waals surface area contributed by atoms with Crippen LogP contribution in [0.1, 0.15) is 18.1 Å². The van der Waals surface area contributed by atoms with E-state index in [9.17, 15) is 21.6 Å². The summed E-state index contributed by atoms with van der Waals surface area (Å²) in [6.45, 7) is 1.55. The molecule has 0 bridgehead atoms. The molecule has 9 heteroatoms. The molecule has 0 aromatic heterocycles. The molecule has 1 unspecified atom stereocenters. The molecule has 142 valence electrons. The SMILES string of the molecule is CC1/C(=N/S(=O)(=O)C(F)(F)F)N=C(c2ccccc2)c2ccccc2N1C. The Morgan fingerprint density at radius 3 is 2.26 bits per heavy atom. The van der Waals surface area contributed by atoms with E-state index in [1.54, 1.807) is 73.5 Å². The number of aliphatic imine (C=N–C) groups is 1. The van der Waals surface area contributed by atoms with E-state index in [0.717, 1.165) is 0 Å². The third-order valence-corrected chi connectivity index (χ3v) is 5.29. The molecule has 5 nitrogen and oxygen atoms in total. The Balaban J connectivity index is 2.29. The number of amidine groups is 1. The summed E-state index contributed by atoms with van der Waals surface area (Å²) in [7, 11) is -4.05. The number of benzodiazepines with no additional fused rings is 1. The highest BCUT2D eigenvalue weighted by Crippen LogP contribution is 2.30. The van der Waals surface area contributed by atoms with Crippen LogP contribution in [0.3, 0.4) is 0 Å². The number of hydrogen-bond donors (Lipinski definition) is 0. The highest BCUT2D eigenvalue weighted by atomic mass is 32.2. The first-order valence-electron chi connectivity index (χ1n) is 7.99. The van der Waals surface area contributed by atoms with Gasteiger partial charge in [-0.25, -0.2) is 4.99 Å². The van der Waals surface area contributed by atoms with Gasteiger partial charge in [0.15, 0.2) is 5.84 Å². The zero-order valence-corrected chi connectivity index (χ0v) is 15.3. The molecule has 2 aromatic rings. The fraction of sp³-hybridized carbons (Fsp3) is 0.222. The number of sulfonamides is 1. The highest BCUT2D eigenvalue weighted by Gasteiger charge is 2.47. The summed E-state index contributed by atoms with van der Waals surface area (Å²) in [6, 6.07) is 15.2. The number of likely N-dealkylation sites (N-methyl/N-ethyl adjacent to an activating group) is 1. The number of para-hydroxylation sites is 1. The number of anilines is 1. The van der Waals surface area contributed by atoms with E-state index in [0.29, 0.717) is 22.5 Å². The van der Waals surface area contributed by atoms with Crippen molar-refractivity contribution in [3.05, 3.63) is 65.7 Å². The van der Waals surface area contributed by atoms with E-state index in [1.807, 2.05) is 0 Å². The second kappa shape index (κ2) is 6.80. The van der Waals surface area contributed by atoms with Crippen LogP contribution in [-0.4, -0.2) is 38.6 Å². The topological polar surface area (TPSA) is 62.1 Å². The van der Waals surface area contributed by atoms with E-state index in [-0.39, 0.29) is 0 Å². The molecule has 1 aliphatic rings. The van der Waals surface area contributed by atoms with Crippen molar-refractivity contribution >= 4 is 27.3 Å². The Morgan fingerprint density at radius 2 is 1.63 bits per heavy atom. The Kier molecular flexibility index (Phi) is 4.81. The second-order valence-corrected chi connectivity index (χ2v) is 7.60. The molecule has 1 heterocycles. The fourth-order valence-electron chi connectivity index (χ4n) is 2.72. The van der Waals surface area contributed by atoms with Crippen LogP contribution in [0.5, 0.6) is 0 Å². The Bertz CT molecular complexity index is 1020. The Labute approximate surface area is 154 Å². The summed E-state index contributed by atoms with van der Waals surface area (Å²) >= 11 is 0. The summed E-state index contributed by atoms with van der Waals surface area (Å²) in [5, 5.41) is 0. The van der Waals surface area contributed by atoms with Gasteiger partial charge in [0.2, 0.25) is 0 Å². The minimum atomic E-state index is -5.71. The maximum Gasteiger partial charge on any atom is 0.518 e. The number of nitrogens with zero attached hydrogens (tertiary/aromatic N) is 3. The average Bonchev–Trinajstić information content (AvgIpc) is 2.72. The molecular weight excluding hydrogens is 379 g/mol. The van der Waals surface area contributed by atoms with Gasteiger partial charge in [-0.05, 0) is 13.0 Å². The summed E-state index contributed by atoms with van der Waals surface area (Å²) in [5.74, 6) is -0.426. The van der Waals surface area contributed by atoms with Crippen LogP contribution in [0.4, 0.5) is 18.9 Å². The molecule has 27 heavy (non-hydrogen) atoms. The zero-order valence-electron chi connectivity index (χ0n) is 14.5. The zero-order chi connectivity index (χ0) is 19.8. The van der Waals surface area contributed by atoms with Crippen LogP contribution in [0, 0.1) is 0 Å². The summed E-state index contributed by atoms with van der Waals surface area (Å²) in [4.78, 5) is 5.92. The average molecular weight is 395 g/mol. The van der Waals surface area contributed by atoms with Crippen molar-refractivity contribution in [3.63, 3.8) is 0 Å². The van der Waals surface area contributed by atoms with Crippen molar-refractivity contribution < 1.29 is 21.6 Å². The van der Waals surface area contributed by atoms with Crippen LogP contribution < -0.4 is 4.90 Å². The van der Waals surface area contributed by atoms with Gasteiger partial charge in [0.1, 0.15) is 0 Å². The predicted octanol–water partition coefficient (Wildman–Crippen LogP) is 3.61. The Hall–Kier alpha value is -2.68. The van der Waals surface area contributed by atoms with Crippen molar-refractivity contribution in [2.24, 2.45) is 9.39 Å². The number of fused-ring (bicyclic) bond motifs is 1. The smallest absolute Gasteiger partial charge is 0.364 e. The van der Waals surface area contributed by atoms with Gasteiger partial charge in [-0.3, -0.25) is 0 Å². The first-order valence-corrected chi connectivity index (χ1v) is 9.43. The van der Waals surface area contributed by atoms with Gasteiger partial charge < -0.3 is 4.90 Å². The third kappa shape index (κ3) is 3.59. The van der Waals surface area contributed by atoms with Crippen LogP contribution in [0.25, 0.3) is 0 Å². The molecule has 0 radical (unpaired) electrons. The predicted molar refractivity (Wildman–Crippen MR) is 98.8 cm³/mol. The molecule has 3 rings (SSSR count). The van der Waals surface area contributed by atoms with E-state index in [1.165, 1.54) is 0 Å². The van der Waals surface area contributed by atoms with E-state index >= 15 is 0 Å². The number of hydrogen-bond acceptors (Lipinski definition) is 3. The van der Waals surface area contributed by atoms with Crippen LogP contribution in [0.2, 0.25) is 0 Å². The van der Waals surface area contributed by atoms with Crippen molar-refractivity contribution in [2.75, 3.05) is 11.9 Å². The maximum absolute atomic E-state index is 12.8. The van der Waals surface area contributed by atoms with Crippen molar-refractivity contribution in [3.8, 4) is 0 Å². The molecule has 1 atom stereocenters. The quantitative estimate of drug-likeness (QED) is 0.781. The highest BCUT2D eigenvalue weighted by molar-refractivity contribution is 7.91. The van der Waals surface area contributed by atoms with Crippen molar-refractivity contribution in [1.29, 1.82) is 0 Å². The van der Waals surface area contributed by atoms with Gasteiger partial charge in [0, 0.05) is 23.9 Å². The van der Waals surface area contributed by atoms with Gasteiger partial charge in [-0.2, -0.15) is 21.6 Å². The third-order valence-electron chi connectivity index (χ3n) is 4.27. The van der Waals surface area contributed by atoms with Gasteiger partial charge >= 0.3 is 15.5 Å². The molecule has 0 aliphatic carbocycles. The lowest BCUT2D eigenvalue weighted by Crippen LogP contribution is -2.36. The second-order valence-electron chi connectivity index (χ2n) is 6.00. The van der Waals surface area contributed by atoms with E-state index < -0.39 is 27.4 Å².